The molecule has 0 aromatic heterocycles. The van der Waals surface area contributed by atoms with Crippen molar-refractivity contribution in [3.8, 4) is 0 Å². The van der Waals surface area contributed by atoms with Crippen molar-refractivity contribution in [2.75, 3.05) is 0 Å². The summed E-state index contributed by atoms with van der Waals surface area (Å²) in [5.41, 5.74) is 0.575. The Morgan fingerprint density at radius 2 is 2.00 bits per heavy atom. The summed E-state index contributed by atoms with van der Waals surface area (Å²) < 4.78 is 1.78. The Morgan fingerprint density at radius 1 is 1.35 bits per heavy atom. The van der Waals surface area contributed by atoms with Crippen LogP contribution in [0, 0.1) is 5.92 Å². The maximum absolute atomic E-state index is 12.2. The number of nitrogens with one attached hydrogen (secondary N) is 1. The Labute approximate surface area is 118 Å². The second kappa shape index (κ2) is 4.73. The smallest absolute Gasteiger partial charge is 0.252 e. The van der Waals surface area contributed by atoms with E-state index in [2.05, 4.69) is 51.0 Å². The van der Waals surface area contributed by atoms with E-state index in [9.17, 15) is 4.79 Å². The molecule has 4 heteroatoms. The SMILES string of the molecule is CC(C)(NC(=O)c1ccc(Br)cc1Br)C1CC1. The molecule has 0 bridgehead atoms. The number of rotatable bonds is 3. The first-order valence-electron chi connectivity index (χ1n) is 5.68. The van der Waals surface area contributed by atoms with Crippen molar-refractivity contribution in [1.29, 1.82) is 0 Å². The zero-order valence-electron chi connectivity index (χ0n) is 9.89. The summed E-state index contributed by atoms with van der Waals surface area (Å²) in [7, 11) is 0. The molecule has 1 saturated carbocycles. The maximum atomic E-state index is 12.2. The molecule has 1 aromatic carbocycles. The number of carbonyl (C=O) groups excluding carboxylic acids is 1. The van der Waals surface area contributed by atoms with Gasteiger partial charge in [-0.2, -0.15) is 0 Å². The Balaban J connectivity index is 2.14. The highest BCUT2D eigenvalue weighted by Crippen LogP contribution is 2.39. The summed E-state index contributed by atoms with van der Waals surface area (Å²) in [5, 5.41) is 3.11. The third-order valence-electron chi connectivity index (χ3n) is 3.21. The molecule has 2 rings (SSSR count). The van der Waals surface area contributed by atoms with E-state index < -0.39 is 0 Å². The van der Waals surface area contributed by atoms with Crippen LogP contribution in [-0.4, -0.2) is 11.4 Å². The fourth-order valence-corrected chi connectivity index (χ4v) is 3.17. The minimum atomic E-state index is -0.108. The predicted molar refractivity (Wildman–Crippen MR) is 76.1 cm³/mol. The predicted octanol–water partition coefficient (Wildman–Crippen LogP) is 4.13. The standard InChI is InChI=1S/C13H15Br2NO/c1-13(2,8-3-4-8)16-12(17)10-6-5-9(14)7-11(10)15/h5-8H,3-4H2,1-2H3,(H,16,17). The Bertz CT molecular complexity index is 453. The molecule has 0 spiro atoms. The van der Waals surface area contributed by atoms with E-state index in [1.54, 1.807) is 0 Å². The number of hydrogen-bond acceptors (Lipinski definition) is 1. The lowest BCUT2D eigenvalue weighted by Crippen LogP contribution is -2.45. The lowest BCUT2D eigenvalue weighted by atomic mass is 9.98. The van der Waals surface area contributed by atoms with E-state index in [-0.39, 0.29) is 11.4 Å². The van der Waals surface area contributed by atoms with E-state index >= 15 is 0 Å². The van der Waals surface area contributed by atoms with Crippen LogP contribution < -0.4 is 5.32 Å². The van der Waals surface area contributed by atoms with Crippen LogP contribution in [0.3, 0.4) is 0 Å². The molecule has 1 N–H and O–H groups in total. The topological polar surface area (TPSA) is 29.1 Å². The van der Waals surface area contributed by atoms with Gasteiger partial charge in [-0.25, -0.2) is 0 Å². The quantitative estimate of drug-likeness (QED) is 0.862. The van der Waals surface area contributed by atoms with Crippen LogP contribution in [-0.2, 0) is 0 Å². The number of hydrogen-bond donors (Lipinski definition) is 1. The van der Waals surface area contributed by atoms with Crippen LogP contribution in [0.5, 0.6) is 0 Å². The minimum absolute atomic E-state index is 0.0127. The van der Waals surface area contributed by atoms with Gasteiger partial charge in [0.15, 0.2) is 0 Å². The highest BCUT2D eigenvalue weighted by molar-refractivity contribution is 9.11. The molecule has 1 aliphatic rings. The van der Waals surface area contributed by atoms with Gasteiger partial charge in [0, 0.05) is 14.5 Å². The van der Waals surface area contributed by atoms with Gasteiger partial charge in [-0.3, -0.25) is 4.79 Å². The van der Waals surface area contributed by atoms with Gasteiger partial charge in [0.05, 0.1) is 5.56 Å². The monoisotopic (exact) mass is 359 g/mol. The number of carbonyl (C=O) groups is 1. The van der Waals surface area contributed by atoms with Crippen molar-refractivity contribution in [3.63, 3.8) is 0 Å². The summed E-state index contributed by atoms with van der Waals surface area (Å²) in [5.74, 6) is 0.613. The van der Waals surface area contributed by atoms with Crippen molar-refractivity contribution in [2.45, 2.75) is 32.2 Å². The highest BCUT2D eigenvalue weighted by Gasteiger charge is 2.38. The van der Waals surface area contributed by atoms with E-state index in [0.717, 1.165) is 8.95 Å². The van der Waals surface area contributed by atoms with Gasteiger partial charge < -0.3 is 5.32 Å². The zero-order valence-corrected chi connectivity index (χ0v) is 13.1. The zero-order chi connectivity index (χ0) is 12.6. The summed E-state index contributed by atoms with van der Waals surface area (Å²) in [6.07, 6.45) is 2.43. The molecule has 1 aliphatic carbocycles. The summed E-state index contributed by atoms with van der Waals surface area (Å²) in [6, 6.07) is 5.59. The molecular formula is C13H15Br2NO. The summed E-state index contributed by atoms with van der Waals surface area (Å²) in [4.78, 5) is 12.2. The molecule has 1 amide bonds. The molecule has 0 unspecified atom stereocenters. The third-order valence-corrected chi connectivity index (χ3v) is 4.36. The first-order chi connectivity index (χ1) is 7.90. The fourth-order valence-electron chi connectivity index (χ4n) is 1.94. The van der Waals surface area contributed by atoms with Crippen molar-refractivity contribution in [3.05, 3.63) is 32.7 Å². The van der Waals surface area contributed by atoms with Gasteiger partial charge in [-0.05, 0) is 66.7 Å². The molecule has 17 heavy (non-hydrogen) atoms. The first kappa shape index (κ1) is 13.1. The average Bonchev–Trinajstić information content (AvgIpc) is 2.98. The molecule has 0 aliphatic heterocycles. The van der Waals surface area contributed by atoms with Crippen LogP contribution in [0.15, 0.2) is 27.1 Å². The maximum Gasteiger partial charge on any atom is 0.252 e. The van der Waals surface area contributed by atoms with Gasteiger partial charge in [0.2, 0.25) is 0 Å². The van der Waals surface area contributed by atoms with Crippen LogP contribution in [0.4, 0.5) is 0 Å². The van der Waals surface area contributed by atoms with Crippen molar-refractivity contribution >= 4 is 37.8 Å². The Morgan fingerprint density at radius 3 is 2.53 bits per heavy atom. The minimum Gasteiger partial charge on any atom is -0.347 e. The van der Waals surface area contributed by atoms with Crippen LogP contribution in [0.25, 0.3) is 0 Å². The van der Waals surface area contributed by atoms with Gasteiger partial charge in [-0.1, -0.05) is 15.9 Å². The van der Waals surface area contributed by atoms with Crippen molar-refractivity contribution in [2.24, 2.45) is 5.92 Å². The second-order valence-corrected chi connectivity index (χ2v) is 6.84. The molecule has 0 atom stereocenters. The third kappa shape index (κ3) is 3.10. The van der Waals surface area contributed by atoms with Crippen LogP contribution in [0.2, 0.25) is 0 Å². The van der Waals surface area contributed by atoms with Crippen molar-refractivity contribution < 1.29 is 4.79 Å². The molecule has 0 heterocycles. The van der Waals surface area contributed by atoms with Crippen molar-refractivity contribution in [1.82, 2.24) is 5.32 Å². The molecule has 92 valence electrons. The van der Waals surface area contributed by atoms with E-state index in [1.807, 2.05) is 18.2 Å². The summed E-state index contributed by atoms with van der Waals surface area (Å²) >= 11 is 6.80. The average molecular weight is 361 g/mol. The molecule has 0 saturated heterocycles. The molecule has 1 fully saturated rings. The fraction of sp³-hybridized carbons (Fsp3) is 0.462. The van der Waals surface area contributed by atoms with E-state index in [0.29, 0.717) is 11.5 Å². The van der Waals surface area contributed by atoms with E-state index in [1.165, 1.54) is 12.8 Å². The second-order valence-electron chi connectivity index (χ2n) is 5.07. The van der Waals surface area contributed by atoms with Gasteiger partial charge >= 0.3 is 0 Å². The highest BCUT2D eigenvalue weighted by atomic mass is 79.9. The molecule has 0 radical (unpaired) electrons. The van der Waals surface area contributed by atoms with Gasteiger partial charge in [-0.15, -0.1) is 0 Å². The lowest BCUT2D eigenvalue weighted by Gasteiger charge is -2.26. The largest absolute Gasteiger partial charge is 0.347 e. The molecular weight excluding hydrogens is 346 g/mol. The Hall–Kier alpha value is -0.350. The first-order valence-corrected chi connectivity index (χ1v) is 7.26. The summed E-state index contributed by atoms with van der Waals surface area (Å²) in [6.45, 7) is 4.19. The Kier molecular flexibility index (Phi) is 3.64. The van der Waals surface area contributed by atoms with Crippen LogP contribution in [0.1, 0.15) is 37.0 Å². The van der Waals surface area contributed by atoms with E-state index in [4.69, 9.17) is 0 Å². The number of halogens is 2. The number of amides is 1. The lowest BCUT2D eigenvalue weighted by molar-refractivity contribution is 0.0902. The van der Waals surface area contributed by atoms with Gasteiger partial charge in [0.1, 0.15) is 0 Å². The molecule has 2 nitrogen and oxygen atoms in total. The van der Waals surface area contributed by atoms with Gasteiger partial charge in [0.25, 0.3) is 5.91 Å². The van der Waals surface area contributed by atoms with Crippen LogP contribution >= 0.6 is 31.9 Å². The molecule has 1 aromatic rings. The normalized spacial score (nSPS) is 15.8. The number of benzene rings is 1.